The predicted molar refractivity (Wildman–Crippen MR) is 69.4 cm³/mol. The molecule has 5 heteroatoms. The molecule has 3 rings (SSSR count). The van der Waals surface area contributed by atoms with Crippen molar-refractivity contribution in [3.63, 3.8) is 0 Å². The summed E-state index contributed by atoms with van der Waals surface area (Å²) in [5, 5.41) is 9.17. The van der Waals surface area contributed by atoms with E-state index in [4.69, 9.17) is 0 Å². The van der Waals surface area contributed by atoms with E-state index in [9.17, 15) is 0 Å². The topological polar surface area (TPSA) is 29.0 Å². The van der Waals surface area contributed by atoms with E-state index in [2.05, 4.69) is 55.3 Å². The molecule has 0 bridgehead atoms. The Bertz CT molecular complexity index is 511. The maximum absolute atomic E-state index is 4.19. The van der Waals surface area contributed by atoms with Gasteiger partial charge >= 0.3 is 0 Å². The number of rotatable bonds is 1. The molecule has 1 aliphatic rings. The molecular formula is C11H10BrN3S. The molecule has 0 amide bonds. The summed E-state index contributed by atoms with van der Waals surface area (Å²) in [6.45, 7) is 1.03. The van der Waals surface area contributed by atoms with Crippen LogP contribution in [0.2, 0.25) is 0 Å². The minimum atomic E-state index is 0.838. The van der Waals surface area contributed by atoms with Crippen molar-refractivity contribution >= 4 is 38.1 Å². The van der Waals surface area contributed by atoms with Crippen LogP contribution < -0.4 is 4.90 Å². The van der Waals surface area contributed by atoms with E-state index < -0.39 is 0 Å². The minimum Gasteiger partial charge on any atom is -0.316 e. The van der Waals surface area contributed by atoms with Gasteiger partial charge in [0.15, 0.2) is 3.92 Å². The molecule has 0 fully saturated rings. The number of fused-ring (bicyclic) bond motifs is 1. The number of aryl methyl sites for hydroxylation is 1. The van der Waals surface area contributed by atoms with Gasteiger partial charge in [0.1, 0.15) is 0 Å². The summed E-state index contributed by atoms with van der Waals surface area (Å²) in [6.07, 6.45) is 2.33. The Kier molecular flexibility index (Phi) is 2.65. The van der Waals surface area contributed by atoms with Gasteiger partial charge in [0.25, 0.3) is 0 Å². The zero-order chi connectivity index (χ0) is 11.0. The van der Waals surface area contributed by atoms with E-state index in [1.165, 1.54) is 17.7 Å². The molecule has 0 unspecified atom stereocenters. The molecule has 0 radical (unpaired) electrons. The second-order valence-corrected chi connectivity index (χ2v) is 5.95. The summed E-state index contributed by atoms with van der Waals surface area (Å²) >= 11 is 4.94. The Labute approximate surface area is 106 Å². The lowest BCUT2D eigenvalue weighted by Crippen LogP contribution is -2.24. The van der Waals surface area contributed by atoms with Crippen LogP contribution >= 0.6 is 27.3 Å². The van der Waals surface area contributed by atoms with Crippen LogP contribution in [-0.4, -0.2) is 16.7 Å². The van der Waals surface area contributed by atoms with E-state index in [0.717, 1.165) is 22.0 Å². The van der Waals surface area contributed by atoms with Crippen molar-refractivity contribution in [1.82, 2.24) is 10.2 Å². The molecular weight excluding hydrogens is 286 g/mol. The first-order valence-corrected chi connectivity index (χ1v) is 6.80. The predicted octanol–water partition coefficient (Wildman–Crippen LogP) is 3.38. The molecule has 0 spiro atoms. The van der Waals surface area contributed by atoms with Crippen LogP contribution in [0.3, 0.4) is 0 Å². The van der Waals surface area contributed by atoms with Crippen LogP contribution in [0.4, 0.5) is 10.8 Å². The highest BCUT2D eigenvalue weighted by atomic mass is 79.9. The third kappa shape index (κ3) is 1.74. The van der Waals surface area contributed by atoms with Crippen LogP contribution in [0, 0.1) is 0 Å². The van der Waals surface area contributed by atoms with Crippen LogP contribution in [0.1, 0.15) is 12.0 Å². The molecule has 3 nitrogen and oxygen atoms in total. The van der Waals surface area contributed by atoms with Gasteiger partial charge in [-0.3, -0.25) is 0 Å². The van der Waals surface area contributed by atoms with E-state index in [-0.39, 0.29) is 0 Å². The zero-order valence-electron chi connectivity index (χ0n) is 8.56. The van der Waals surface area contributed by atoms with Gasteiger partial charge in [-0.2, -0.15) is 0 Å². The van der Waals surface area contributed by atoms with Gasteiger partial charge in [0.2, 0.25) is 5.13 Å². The van der Waals surface area contributed by atoms with Crippen molar-refractivity contribution in [1.29, 1.82) is 0 Å². The van der Waals surface area contributed by atoms with Gasteiger partial charge in [-0.25, -0.2) is 0 Å². The minimum absolute atomic E-state index is 0.838. The standard InChI is InChI=1S/C11H10BrN3S/c12-10-13-14-11(16-10)15-7-3-5-8-4-1-2-6-9(8)15/h1-2,4,6H,3,5,7H2. The second-order valence-electron chi connectivity index (χ2n) is 3.72. The first kappa shape index (κ1) is 10.2. The van der Waals surface area contributed by atoms with E-state index in [0.29, 0.717) is 0 Å². The fourth-order valence-electron chi connectivity index (χ4n) is 2.04. The number of benzene rings is 1. The molecule has 0 saturated heterocycles. The molecule has 2 aromatic rings. The molecule has 82 valence electrons. The lowest BCUT2D eigenvalue weighted by Gasteiger charge is -2.28. The number of aromatic nitrogens is 2. The molecule has 0 aliphatic carbocycles. The maximum Gasteiger partial charge on any atom is 0.213 e. The van der Waals surface area contributed by atoms with Gasteiger partial charge in [0.05, 0.1) is 0 Å². The fraction of sp³-hybridized carbons (Fsp3) is 0.273. The summed E-state index contributed by atoms with van der Waals surface area (Å²) in [5.41, 5.74) is 2.68. The van der Waals surface area contributed by atoms with Gasteiger partial charge in [-0.05, 0) is 40.4 Å². The number of para-hydroxylation sites is 1. The quantitative estimate of drug-likeness (QED) is 0.808. The Balaban J connectivity index is 2.04. The fourth-order valence-corrected chi connectivity index (χ4v) is 3.17. The molecule has 0 saturated carbocycles. The van der Waals surface area contributed by atoms with Crippen molar-refractivity contribution in [3.05, 3.63) is 33.7 Å². The van der Waals surface area contributed by atoms with Crippen molar-refractivity contribution < 1.29 is 0 Å². The average molecular weight is 296 g/mol. The van der Waals surface area contributed by atoms with E-state index in [1.54, 1.807) is 11.3 Å². The monoisotopic (exact) mass is 295 g/mol. The first-order valence-electron chi connectivity index (χ1n) is 5.19. The zero-order valence-corrected chi connectivity index (χ0v) is 11.0. The number of nitrogens with zero attached hydrogens (tertiary/aromatic N) is 3. The van der Waals surface area contributed by atoms with Gasteiger partial charge in [-0.15, -0.1) is 10.2 Å². The van der Waals surface area contributed by atoms with Crippen molar-refractivity contribution in [2.24, 2.45) is 0 Å². The summed E-state index contributed by atoms with van der Waals surface area (Å²) in [4.78, 5) is 2.25. The second kappa shape index (κ2) is 4.14. The highest BCUT2D eigenvalue weighted by Gasteiger charge is 2.20. The number of hydrogen-bond donors (Lipinski definition) is 0. The highest BCUT2D eigenvalue weighted by molar-refractivity contribution is 9.11. The Morgan fingerprint density at radius 2 is 2.12 bits per heavy atom. The van der Waals surface area contributed by atoms with Crippen LogP contribution in [0.25, 0.3) is 0 Å². The smallest absolute Gasteiger partial charge is 0.213 e. The summed E-state index contributed by atoms with van der Waals surface area (Å²) in [7, 11) is 0. The van der Waals surface area contributed by atoms with Gasteiger partial charge < -0.3 is 4.90 Å². The molecule has 1 aromatic carbocycles. The summed E-state index contributed by atoms with van der Waals surface area (Å²) in [5.74, 6) is 0. The normalized spacial score (nSPS) is 14.9. The van der Waals surface area contributed by atoms with E-state index in [1.807, 2.05) is 0 Å². The van der Waals surface area contributed by atoms with Crippen LogP contribution in [0.15, 0.2) is 28.2 Å². The molecule has 2 heterocycles. The van der Waals surface area contributed by atoms with E-state index >= 15 is 0 Å². The number of hydrogen-bond acceptors (Lipinski definition) is 4. The Hall–Kier alpha value is -0.940. The molecule has 1 aliphatic heterocycles. The van der Waals surface area contributed by atoms with Crippen molar-refractivity contribution in [3.8, 4) is 0 Å². The number of halogens is 1. The van der Waals surface area contributed by atoms with Crippen LogP contribution in [-0.2, 0) is 6.42 Å². The first-order chi connectivity index (χ1) is 7.84. The maximum atomic E-state index is 4.19. The summed E-state index contributed by atoms with van der Waals surface area (Å²) in [6, 6.07) is 8.52. The third-order valence-corrected chi connectivity index (χ3v) is 4.11. The molecule has 0 atom stereocenters. The largest absolute Gasteiger partial charge is 0.316 e. The molecule has 1 aromatic heterocycles. The van der Waals surface area contributed by atoms with Crippen molar-refractivity contribution in [2.45, 2.75) is 12.8 Å². The number of anilines is 2. The highest BCUT2D eigenvalue weighted by Crippen LogP contribution is 2.35. The average Bonchev–Trinajstić information content (AvgIpc) is 2.75. The van der Waals surface area contributed by atoms with Crippen LogP contribution in [0.5, 0.6) is 0 Å². The van der Waals surface area contributed by atoms with Crippen molar-refractivity contribution in [2.75, 3.05) is 11.4 Å². The lowest BCUT2D eigenvalue weighted by atomic mass is 10.0. The third-order valence-electron chi connectivity index (χ3n) is 2.73. The lowest BCUT2D eigenvalue weighted by molar-refractivity contribution is 0.761. The molecule has 16 heavy (non-hydrogen) atoms. The molecule has 0 N–H and O–H groups in total. The Morgan fingerprint density at radius 3 is 2.94 bits per heavy atom. The Morgan fingerprint density at radius 1 is 1.25 bits per heavy atom. The SMILES string of the molecule is Brc1nnc(N2CCCc3ccccc32)s1. The van der Waals surface area contributed by atoms with Gasteiger partial charge in [0, 0.05) is 12.2 Å². The summed E-state index contributed by atoms with van der Waals surface area (Å²) < 4.78 is 0.838. The van der Waals surface area contributed by atoms with Gasteiger partial charge in [-0.1, -0.05) is 29.5 Å².